The number of fused-ring (bicyclic) bond motifs is 3. The van der Waals surface area contributed by atoms with Gasteiger partial charge in [0.25, 0.3) is 5.91 Å². The molecule has 0 bridgehead atoms. The number of benzene rings is 2. The molecule has 0 aromatic heterocycles. The van der Waals surface area contributed by atoms with E-state index in [1.165, 1.54) is 12.8 Å². The number of anilines is 1. The van der Waals surface area contributed by atoms with Gasteiger partial charge in [-0.1, -0.05) is 37.1 Å². The van der Waals surface area contributed by atoms with Gasteiger partial charge in [-0.25, -0.2) is 4.99 Å². The molecule has 0 radical (unpaired) electrons. The number of nitrogens with one attached hydrogen (secondary N) is 1. The summed E-state index contributed by atoms with van der Waals surface area (Å²) in [5, 5.41) is 15.1. The second-order valence-electron chi connectivity index (χ2n) is 6.65. The van der Waals surface area contributed by atoms with Crippen molar-refractivity contribution >= 4 is 33.7 Å². The molecule has 0 fully saturated rings. The third kappa shape index (κ3) is 2.51. The zero-order chi connectivity index (χ0) is 18.1. The summed E-state index contributed by atoms with van der Waals surface area (Å²) in [5.41, 5.74) is 9.97. The lowest BCUT2D eigenvalue weighted by Crippen LogP contribution is -2.03. The van der Waals surface area contributed by atoms with Crippen LogP contribution >= 0.6 is 0 Å². The molecule has 0 saturated heterocycles. The van der Waals surface area contributed by atoms with E-state index in [0.29, 0.717) is 11.3 Å². The molecule has 1 heterocycles. The lowest BCUT2D eigenvalue weighted by molar-refractivity contribution is -0.113. The van der Waals surface area contributed by atoms with Gasteiger partial charge in [0, 0.05) is 34.1 Å². The molecule has 0 atom stereocenters. The van der Waals surface area contributed by atoms with Crippen LogP contribution in [0.5, 0.6) is 0 Å². The maximum atomic E-state index is 12.0. The van der Waals surface area contributed by atoms with E-state index < -0.39 is 5.91 Å². The number of aliphatic imine (C=N–C) groups is 1. The minimum absolute atomic E-state index is 0.151. The van der Waals surface area contributed by atoms with Gasteiger partial charge in [-0.2, -0.15) is 5.26 Å². The van der Waals surface area contributed by atoms with Gasteiger partial charge >= 0.3 is 0 Å². The Morgan fingerprint density at radius 1 is 1.08 bits per heavy atom. The Labute approximate surface area is 152 Å². The molecule has 26 heavy (non-hydrogen) atoms. The molecule has 3 N–H and O–H groups in total. The maximum Gasteiger partial charge on any atom is 0.288 e. The van der Waals surface area contributed by atoms with Gasteiger partial charge in [0.05, 0.1) is 5.71 Å². The summed E-state index contributed by atoms with van der Waals surface area (Å²) >= 11 is 0. The SMILES string of the molecule is N#CC1=C2C(=NC1=O)c1ccc(NCCCCCCN)c3cccc2c13. The highest BCUT2D eigenvalue weighted by atomic mass is 16.1. The molecule has 2 aromatic rings. The molecule has 2 aliphatic rings. The number of allylic oxidation sites excluding steroid dienone is 1. The van der Waals surface area contributed by atoms with Gasteiger partial charge in [-0.3, -0.25) is 4.79 Å². The fraction of sp³-hybridized carbons (Fsp3) is 0.286. The second-order valence-corrected chi connectivity index (χ2v) is 6.65. The zero-order valence-electron chi connectivity index (χ0n) is 14.5. The van der Waals surface area contributed by atoms with E-state index in [0.717, 1.165) is 53.5 Å². The van der Waals surface area contributed by atoms with Gasteiger partial charge in [-0.15, -0.1) is 0 Å². The predicted octanol–water partition coefficient (Wildman–Crippen LogP) is 3.39. The topological polar surface area (TPSA) is 91.3 Å². The normalized spacial score (nSPS) is 14.6. The van der Waals surface area contributed by atoms with Crippen molar-refractivity contribution in [3.8, 4) is 6.07 Å². The van der Waals surface area contributed by atoms with Crippen molar-refractivity contribution in [2.75, 3.05) is 18.4 Å². The van der Waals surface area contributed by atoms with Crippen molar-refractivity contribution in [3.63, 3.8) is 0 Å². The fourth-order valence-corrected chi connectivity index (χ4v) is 3.81. The fourth-order valence-electron chi connectivity index (χ4n) is 3.81. The largest absolute Gasteiger partial charge is 0.385 e. The first-order valence-corrected chi connectivity index (χ1v) is 9.04. The average Bonchev–Trinajstić information content (AvgIpc) is 3.14. The van der Waals surface area contributed by atoms with Gasteiger partial charge in [-0.05, 0) is 31.0 Å². The molecule has 1 aliphatic heterocycles. The van der Waals surface area contributed by atoms with Crippen LogP contribution in [0.15, 0.2) is 40.9 Å². The van der Waals surface area contributed by atoms with Gasteiger partial charge < -0.3 is 11.1 Å². The number of nitriles is 1. The summed E-state index contributed by atoms with van der Waals surface area (Å²) < 4.78 is 0. The van der Waals surface area contributed by atoms with Gasteiger partial charge in [0.15, 0.2) is 0 Å². The second kappa shape index (κ2) is 6.74. The van der Waals surface area contributed by atoms with E-state index in [1.54, 1.807) is 0 Å². The van der Waals surface area contributed by atoms with Crippen LogP contribution in [0.2, 0.25) is 0 Å². The van der Waals surface area contributed by atoms with Crippen molar-refractivity contribution in [3.05, 3.63) is 47.0 Å². The summed E-state index contributed by atoms with van der Waals surface area (Å²) in [5.74, 6) is -0.431. The Morgan fingerprint density at radius 2 is 1.92 bits per heavy atom. The van der Waals surface area contributed by atoms with Crippen LogP contribution < -0.4 is 11.1 Å². The number of amides is 1. The smallest absolute Gasteiger partial charge is 0.288 e. The minimum atomic E-state index is -0.431. The summed E-state index contributed by atoms with van der Waals surface area (Å²) in [6, 6.07) is 12.1. The lowest BCUT2D eigenvalue weighted by atomic mass is 10.0. The maximum absolute atomic E-state index is 12.0. The summed E-state index contributed by atoms with van der Waals surface area (Å²) in [7, 11) is 0. The van der Waals surface area contributed by atoms with E-state index in [4.69, 9.17) is 5.73 Å². The van der Waals surface area contributed by atoms with Gasteiger partial charge in [0.1, 0.15) is 11.6 Å². The van der Waals surface area contributed by atoms with Crippen LogP contribution in [-0.2, 0) is 4.79 Å². The first kappa shape index (κ1) is 16.5. The number of carbonyl (C=O) groups is 1. The summed E-state index contributed by atoms with van der Waals surface area (Å²) in [6.45, 7) is 1.67. The van der Waals surface area contributed by atoms with Crippen molar-refractivity contribution in [1.82, 2.24) is 0 Å². The van der Waals surface area contributed by atoms with Crippen LogP contribution in [0.3, 0.4) is 0 Å². The predicted molar refractivity (Wildman–Crippen MR) is 104 cm³/mol. The van der Waals surface area contributed by atoms with Crippen LogP contribution in [0.4, 0.5) is 5.69 Å². The molecular formula is C21H20N4O. The van der Waals surface area contributed by atoms with Crippen molar-refractivity contribution in [1.29, 1.82) is 5.26 Å². The third-order valence-electron chi connectivity index (χ3n) is 5.04. The lowest BCUT2D eigenvalue weighted by Gasteiger charge is -2.11. The summed E-state index contributed by atoms with van der Waals surface area (Å²) in [6.07, 6.45) is 4.52. The molecule has 5 heteroatoms. The number of nitrogens with zero attached hydrogens (tertiary/aromatic N) is 2. The molecule has 2 aromatic carbocycles. The van der Waals surface area contributed by atoms with E-state index in [-0.39, 0.29) is 5.57 Å². The van der Waals surface area contributed by atoms with Crippen molar-refractivity contribution in [2.45, 2.75) is 25.7 Å². The summed E-state index contributed by atoms with van der Waals surface area (Å²) in [4.78, 5) is 16.1. The highest BCUT2D eigenvalue weighted by Crippen LogP contribution is 2.44. The Morgan fingerprint density at radius 3 is 2.73 bits per heavy atom. The number of carbonyl (C=O) groups excluding carboxylic acids is 1. The van der Waals surface area contributed by atoms with E-state index in [2.05, 4.69) is 16.4 Å². The molecule has 130 valence electrons. The molecule has 0 spiro atoms. The highest BCUT2D eigenvalue weighted by Gasteiger charge is 2.35. The molecule has 4 rings (SSSR count). The molecule has 0 saturated carbocycles. The molecule has 0 unspecified atom stereocenters. The quantitative estimate of drug-likeness (QED) is 0.753. The van der Waals surface area contributed by atoms with E-state index in [9.17, 15) is 10.1 Å². The van der Waals surface area contributed by atoms with Crippen LogP contribution in [0.25, 0.3) is 16.3 Å². The third-order valence-corrected chi connectivity index (χ3v) is 5.04. The number of hydrogen-bond donors (Lipinski definition) is 2. The number of rotatable bonds is 7. The number of unbranched alkanes of at least 4 members (excludes halogenated alkanes) is 3. The first-order valence-electron chi connectivity index (χ1n) is 9.04. The zero-order valence-corrected chi connectivity index (χ0v) is 14.5. The van der Waals surface area contributed by atoms with Gasteiger partial charge in [0.2, 0.25) is 0 Å². The van der Waals surface area contributed by atoms with Crippen molar-refractivity contribution in [2.24, 2.45) is 10.7 Å². The molecule has 1 aliphatic carbocycles. The highest BCUT2D eigenvalue weighted by molar-refractivity contribution is 6.50. The number of hydrogen-bond acceptors (Lipinski definition) is 4. The minimum Gasteiger partial charge on any atom is -0.385 e. The Bertz CT molecular complexity index is 1010. The Hall–Kier alpha value is -2.97. The monoisotopic (exact) mass is 344 g/mol. The average molecular weight is 344 g/mol. The van der Waals surface area contributed by atoms with Crippen LogP contribution in [0.1, 0.15) is 36.8 Å². The van der Waals surface area contributed by atoms with E-state index in [1.807, 2.05) is 30.3 Å². The molecule has 5 nitrogen and oxygen atoms in total. The molecule has 1 amide bonds. The Kier molecular flexibility index (Phi) is 4.27. The molecular weight excluding hydrogens is 324 g/mol. The standard InChI is InChI=1S/C21H20N4O/c22-10-3-1-2-4-11-24-17-9-8-15-18-13(17)6-5-7-14(18)19-16(12-23)21(26)25-20(15)19/h5-9,24H,1-4,10-11,22H2. The van der Waals surface area contributed by atoms with E-state index >= 15 is 0 Å². The van der Waals surface area contributed by atoms with Crippen molar-refractivity contribution < 1.29 is 4.79 Å². The van der Waals surface area contributed by atoms with Crippen LogP contribution in [0, 0.1) is 11.3 Å². The Balaban J connectivity index is 1.66. The van der Waals surface area contributed by atoms with Crippen LogP contribution in [-0.4, -0.2) is 24.7 Å². The number of nitrogens with two attached hydrogens (primary N) is 1. The first-order chi connectivity index (χ1) is 12.8.